The van der Waals surface area contributed by atoms with Gasteiger partial charge in [0.15, 0.2) is 11.5 Å². The Kier molecular flexibility index (Phi) is 4.71. The van der Waals surface area contributed by atoms with Gasteiger partial charge in [-0.1, -0.05) is 6.07 Å². The fraction of sp³-hybridized carbons (Fsp3) is 0.409. The topological polar surface area (TPSA) is 102 Å². The number of alkyl halides is 3. The first kappa shape index (κ1) is 20.9. The van der Waals surface area contributed by atoms with Crippen molar-refractivity contribution >= 4 is 28.4 Å². The summed E-state index contributed by atoms with van der Waals surface area (Å²) in [6.45, 7) is 0.564. The maximum atomic E-state index is 13.8. The molecule has 4 aromatic rings. The van der Waals surface area contributed by atoms with Crippen LogP contribution in [0.25, 0.3) is 27.9 Å². The van der Waals surface area contributed by atoms with E-state index in [0.29, 0.717) is 30.4 Å². The number of fused-ring (bicyclic) bond motifs is 3. The van der Waals surface area contributed by atoms with Crippen molar-refractivity contribution in [3.8, 4) is 11.4 Å². The molecule has 0 bridgehead atoms. The maximum Gasteiger partial charge on any atom is 0.418 e. The van der Waals surface area contributed by atoms with E-state index >= 15 is 0 Å². The summed E-state index contributed by atoms with van der Waals surface area (Å²) in [4.78, 5) is 21.4. The van der Waals surface area contributed by atoms with Crippen molar-refractivity contribution in [2.24, 2.45) is 0 Å². The Hall–Kier alpha value is -3.70. The molecular formula is C22H21F3N8O. The molecule has 2 fully saturated rings. The van der Waals surface area contributed by atoms with Gasteiger partial charge in [0.2, 0.25) is 11.9 Å². The van der Waals surface area contributed by atoms with Crippen LogP contribution in [-0.4, -0.2) is 47.9 Å². The van der Waals surface area contributed by atoms with Gasteiger partial charge in [-0.3, -0.25) is 9.48 Å². The Morgan fingerprint density at radius 1 is 1.12 bits per heavy atom. The van der Waals surface area contributed by atoms with Gasteiger partial charge >= 0.3 is 6.18 Å². The molecule has 0 spiro atoms. The number of amides is 1. The zero-order chi connectivity index (χ0) is 23.4. The molecule has 1 aliphatic heterocycles. The monoisotopic (exact) mass is 470 g/mol. The van der Waals surface area contributed by atoms with Gasteiger partial charge in [-0.05, 0) is 44.2 Å². The van der Waals surface area contributed by atoms with Crippen LogP contribution in [0.3, 0.4) is 0 Å². The third kappa shape index (κ3) is 3.62. The molecule has 1 aromatic carbocycles. The highest BCUT2D eigenvalue weighted by molar-refractivity contribution is 5.95. The minimum atomic E-state index is -4.60. The van der Waals surface area contributed by atoms with Gasteiger partial charge in [-0.25, -0.2) is 9.97 Å². The molecule has 0 radical (unpaired) electrons. The van der Waals surface area contributed by atoms with Crippen molar-refractivity contribution in [3.05, 3.63) is 36.2 Å². The van der Waals surface area contributed by atoms with Crippen LogP contribution in [0.1, 0.15) is 43.7 Å². The number of aromatic nitrogens is 6. The molecule has 1 amide bonds. The average Bonchev–Trinajstić information content (AvgIpc) is 3.42. The maximum absolute atomic E-state index is 13.8. The standard InChI is InChI=1S/C22H21F3N8O/c23-22(24,25)15-5-3-4-14-17(15)29-21(28-16-6-1-2-9-26-20(16)34)33-19(14)30-18(31-33)12-10-27-32(11-12)13-7-8-13/h3-5,10-11,13,16H,1-2,6-9H2,(H,26,34)(H,28,29)/t16-/m1/s1. The number of carbonyl (C=O) groups is 1. The summed E-state index contributed by atoms with van der Waals surface area (Å²) in [6.07, 6.45) is 3.17. The molecule has 0 unspecified atom stereocenters. The molecule has 1 saturated carbocycles. The summed E-state index contributed by atoms with van der Waals surface area (Å²) in [5.41, 5.74) is -0.227. The summed E-state index contributed by atoms with van der Waals surface area (Å²) in [7, 11) is 0. The predicted molar refractivity (Wildman–Crippen MR) is 117 cm³/mol. The van der Waals surface area contributed by atoms with Crippen molar-refractivity contribution in [1.29, 1.82) is 0 Å². The van der Waals surface area contributed by atoms with E-state index in [4.69, 9.17) is 0 Å². The third-order valence-corrected chi connectivity index (χ3v) is 6.23. The lowest BCUT2D eigenvalue weighted by molar-refractivity contribution is -0.136. The minimum Gasteiger partial charge on any atom is -0.354 e. The molecule has 2 N–H and O–H groups in total. The quantitative estimate of drug-likeness (QED) is 0.473. The minimum absolute atomic E-state index is 0.0367. The van der Waals surface area contributed by atoms with Crippen molar-refractivity contribution in [2.45, 2.75) is 50.4 Å². The zero-order valence-electron chi connectivity index (χ0n) is 18.0. The number of hydrogen-bond donors (Lipinski definition) is 2. The van der Waals surface area contributed by atoms with Crippen molar-refractivity contribution in [1.82, 2.24) is 34.7 Å². The smallest absolute Gasteiger partial charge is 0.354 e. The van der Waals surface area contributed by atoms with Crippen LogP contribution in [0.2, 0.25) is 0 Å². The highest BCUT2D eigenvalue weighted by Gasteiger charge is 2.34. The van der Waals surface area contributed by atoms with Gasteiger partial charge < -0.3 is 10.6 Å². The van der Waals surface area contributed by atoms with Crippen LogP contribution < -0.4 is 10.6 Å². The number of nitrogens with one attached hydrogen (secondary N) is 2. The number of anilines is 1. The lowest BCUT2D eigenvalue weighted by Crippen LogP contribution is -2.38. The van der Waals surface area contributed by atoms with Crippen molar-refractivity contribution in [2.75, 3.05) is 11.9 Å². The van der Waals surface area contributed by atoms with E-state index in [1.807, 2.05) is 10.9 Å². The van der Waals surface area contributed by atoms with E-state index in [2.05, 4.69) is 30.8 Å². The Balaban J connectivity index is 1.53. The van der Waals surface area contributed by atoms with Gasteiger partial charge in [0.05, 0.1) is 28.9 Å². The van der Waals surface area contributed by atoms with E-state index in [1.54, 1.807) is 12.3 Å². The fourth-order valence-electron chi connectivity index (χ4n) is 4.30. The summed E-state index contributed by atoms with van der Waals surface area (Å²) >= 11 is 0. The van der Waals surface area contributed by atoms with Gasteiger partial charge in [0.25, 0.3) is 0 Å². The zero-order valence-corrected chi connectivity index (χ0v) is 18.0. The lowest BCUT2D eigenvalue weighted by Gasteiger charge is -2.17. The SMILES string of the molecule is O=C1NCCCC[C@H]1Nc1nc2c(C(F)(F)F)cccc2c2nc(-c3cnn(C4CC4)c3)nn12. The second-order valence-corrected chi connectivity index (χ2v) is 8.73. The first-order valence-electron chi connectivity index (χ1n) is 11.2. The van der Waals surface area contributed by atoms with Crippen LogP contribution in [0.5, 0.6) is 0 Å². The highest BCUT2D eigenvalue weighted by Crippen LogP contribution is 2.37. The molecule has 1 saturated heterocycles. The van der Waals surface area contributed by atoms with E-state index in [1.165, 1.54) is 10.6 Å². The molecule has 12 heteroatoms. The molecule has 3 aromatic heterocycles. The van der Waals surface area contributed by atoms with Crippen LogP contribution in [-0.2, 0) is 11.0 Å². The summed E-state index contributed by atoms with van der Waals surface area (Å²) in [6, 6.07) is 3.59. The van der Waals surface area contributed by atoms with E-state index in [-0.39, 0.29) is 28.4 Å². The predicted octanol–water partition coefficient (Wildman–Crippen LogP) is 3.58. The fourth-order valence-corrected chi connectivity index (χ4v) is 4.30. The molecule has 1 atom stereocenters. The van der Waals surface area contributed by atoms with Gasteiger partial charge in [-0.2, -0.15) is 22.8 Å². The number of rotatable bonds is 4. The lowest BCUT2D eigenvalue weighted by atomic mass is 10.1. The molecule has 9 nitrogen and oxygen atoms in total. The van der Waals surface area contributed by atoms with E-state index in [9.17, 15) is 18.0 Å². The van der Waals surface area contributed by atoms with Crippen LogP contribution >= 0.6 is 0 Å². The van der Waals surface area contributed by atoms with E-state index < -0.39 is 17.8 Å². The number of benzene rings is 1. The Morgan fingerprint density at radius 3 is 2.76 bits per heavy atom. The Morgan fingerprint density at radius 2 is 1.97 bits per heavy atom. The van der Waals surface area contributed by atoms with Crippen LogP contribution in [0.4, 0.5) is 19.1 Å². The Bertz CT molecular complexity index is 1400. The van der Waals surface area contributed by atoms with Gasteiger partial charge in [0.1, 0.15) is 6.04 Å². The number of para-hydroxylation sites is 1. The normalized spacial score (nSPS) is 19.4. The first-order valence-corrected chi connectivity index (χ1v) is 11.2. The molecule has 176 valence electrons. The molecule has 34 heavy (non-hydrogen) atoms. The molecule has 4 heterocycles. The van der Waals surface area contributed by atoms with E-state index in [0.717, 1.165) is 31.7 Å². The molecule has 1 aliphatic carbocycles. The molecular weight excluding hydrogens is 449 g/mol. The highest BCUT2D eigenvalue weighted by atomic mass is 19.4. The number of carbonyl (C=O) groups excluding carboxylic acids is 1. The second kappa shape index (κ2) is 7.67. The number of nitrogens with zero attached hydrogens (tertiary/aromatic N) is 6. The van der Waals surface area contributed by atoms with Gasteiger partial charge in [-0.15, -0.1) is 5.10 Å². The third-order valence-electron chi connectivity index (χ3n) is 6.23. The summed E-state index contributed by atoms with van der Waals surface area (Å²) in [5.74, 6) is 0.143. The average molecular weight is 470 g/mol. The van der Waals surface area contributed by atoms with Gasteiger partial charge in [0, 0.05) is 18.1 Å². The Labute approximate surface area is 191 Å². The van der Waals surface area contributed by atoms with Crippen molar-refractivity contribution < 1.29 is 18.0 Å². The van der Waals surface area contributed by atoms with Crippen molar-refractivity contribution in [3.63, 3.8) is 0 Å². The molecule has 6 rings (SSSR count). The summed E-state index contributed by atoms with van der Waals surface area (Å²) in [5, 5.41) is 15.0. The first-order chi connectivity index (χ1) is 16.4. The van der Waals surface area contributed by atoms with Crippen LogP contribution in [0, 0.1) is 0 Å². The molecule has 2 aliphatic rings. The second-order valence-electron chi connectivity index (χ2n) is 8.73. The van der Waals surface area contributed by atoms with Crippen LogP contribution in [0.15, 0.2) is 30.6 Å². The largest absolute Gasteiger partial charge is 0.418 e. The number of halogens is 3. The number of hydrogen-bond acceptors (Lipinski definition) is 6. The summed E-state index contributed by atoms with van der Waals surface area (Å²) < 4.78 is 44.6.